The van der Waals surface area contributed by atoms with Crippen molar-refractivity contribution in [1.29, 1.82) is 0 Å². The van der Waals surface area contributed by atoms with E-state index in [2.05, 4.69) is 213 Å². The van der Waals surface area contributed by atoms with Gasteiger partial charge in [0.1, 0.15) is 0 Å². The maximum atomic E-state index is 2.56. The molecule has 0 fully saturated rings. The Morgan fingerprint density at radius 1 is 0.404 bits per heavy atom. The van der Waals surface area contributed by atoms with Gasteiger partial charge in [-0.25, -0.2) is 0 Å². The molecule has 3 atom stereocenters. The van der Waals surface area contributed by atoms with Crippen molar-refractivity contribution in [2.75, 3.05) is 0 Å². The molecule has 1 spiro atoms. The topological polar surface area (TPSA) is 0 Å². The summed E-state index contributed by atoms with van der Waals surface area (Å²) in [5.41, 5.74) is 21.3. The summed E-state index contributed by atoms with van der Waals surface area (Å²) in [5.74, 6) is 1.19. The fourth-order valence-electron chi connectivity index (χ4n) is 11.0. The summed E-state index contributed by atoms with van der Waals surface area (Å²) in [6.45, 7) is 2.44. The molecular formula is C57H44. The first kappa shape index (κ1) is 33.8. The second-order valence-corrected chi connectivity index (χ2v) is 16.3. The molecule has 0 saturated heterocycles. The Kier molecular flexibility index (Phi) is 8.07. The molecule has 0 amide bonds. The molecule has 8 aromatic carbocycles. The van der Waals surface area contributed by atoms with Gasteiger partial charge in [0.25, 0.3) is 0 Å². The van der Waals surface area contributed by atoms with Crippen LogP contribution >= 0.6 is 0 Å². The van der Waals surface area contributed by atoms with Crippen LogP contribution in [0.5, 0.6) is 0 Å². The minimum absolute atomic E-state index is 0.367. The maximum Gasteiger partial charge on any atom is 0.0725 e. The number of hydrogen-bond acceptors (Lipinski definition) is 0. The molecule has 0 heteroatoms. The Labute approximate surface area is 336 Å². The Morgan fingerprint density at radius 3 is 1.60 bits per heavy atom. The van der Waals surface area contributed by atoms with Gasteiger partial charge in [0.2, 0.25) is 0 Å². The van der Waals surface area contributed by atoms with Gasteiger partial charge in [-0.05, 0) is 120 Å². The predicted octanol–water partition coefficient (Wildman–Crippen LogP) is 14.7. The highest BCUT2D eigenvalue weighted by molar-refractivity contribution is 6.02. The average Bonchev–Trinajstić information content (AvgIpc) is 3.68. The van der Waals surface area contributed by atoms with Crippen LogP contribution in [0, 0.1) is 5.92 Å². The monoisotopic (exact) mass is 728 g/mol. The Morgan fingerprint density at radius 2 is 0.930 bits per heavy atom. The summed E-state index contributed by atoms with van der Waals surface area (Å²) in [6.07, 6.45) is 4.67. The van der Waals surface area contributed by atoms with E-state index in [1.807, 2.05) is 0 Å². The smallest absolute Gasteiger partial charge is 0.0725 e. The van der Waals surface area contributed by atoms with Crippen LogP contribution in [0.3, 0.4) is 0 Å². The average molecular weight is 729 g/mol. The first-order valence-electron chi connectivity index (χ1n) is 20.6. The van der Waals surface area contributed by atoms with E-state index in [0.29, 0.717) is 17.8 Å². The molecule has 2 unspecified atom stereocenters. The van der Waals surface area contributed by atoms with Crippen molar-refractivity contribution in [3.8, 4) is 44.5 Å². The number of allylic oxidation sites excluding steroid dienone is 2. The van der Waals surface area contributed by atoms with Gasteiger partial charge in [-0.15, -0.1) is 0 Å². The van der Waals surface area contributed by atoms with E-state index in [1.165, 1.54) is 89.0 Å². The van der Waals surface area contributed by atoms with Gasteiger partial charge in [-0.1, -0.05) is 213 Å². The van der Waals surface area contributed by atoms with Crippen molar-refractivity contribution in [1.82, 2.24) is 0 Å². The third-order valence-electron chi connectivity index (χ3n) is 13.5. The van der Waals surface area contributed by atoms with Gasteiger partial charge in [0.05, 0.1) is 5.41 Å². The van der Waals surface area contributed by atoms with E-state index < -0.39 is 0 Å². The normalized spacial score (nSPS) is 18.5. The van der Waals surface area contributed by atoms with Gasteiger partial charge in [0.15, 0.2) is 0 Å². The molecule has 0 saturated carbocycles. The van der Waals surface area contributed by atoms with Crippen LogP contribution in [0.15, 0.2) is 206 Å². The van der Waals surface area contributed by atoms with Gasteiger partial charge in [-0.2, -0.15) is 0 Å². The minimum atomic E-state index is -0.367. The van der Waals surface area contributed by atoms with E-state index >= 15 is 0 Å². The molecule has 57 heavy (non-hydrogen) atoms. The van der Waals surface area contributed by atoms with Crippen molar-refractivity contribution >= 4 is 5.57 Å². The lowest BCUT2D eigenvalue weighted by Crippen LogP contribution is -2.25. The van der Waals surface area contributed by atoms with E-state index in [0.717, 1.165) is 12.8 Å². The molecule has 0 N–H and O–H groups in total. The highest BCUT2D eigenvalue weighted by Gasteiger charge is 2.52. The fraction of sp³-hybridized carbons (Fsp3) is 0.123. The molecule has 0 aromatic heterocycles. The first-order chi connectivity index (χ1) is 28.2. The molecule has 11 rings (SSSR count). The van der Waals surface area contributed by atoms with Crippen molar-refractivity contribution in [3.05, 3.63) is 245 Å². The zero-order valence-corrected chi connectivity index (χ0v) is 32.3. The summed E-state index contributed by atoms with van der Waals surface area (Å²) in [7, 11) is 0. The highest BCUT2D eigenvalue weighted by Crippen LogP contribution is 2.64. The van der Waals surface area contributed by atoms with Crippen molar-refractivity contribution in [2.24, 2.45) is 5.92 Å². The van der Waals surface area contributed by atoms with Crippen LogP contribution in [-0.4, -0.2) is 0 Å². The zero-order chi connectivity index (χ0) is 37.9. The second kappa shape index (κ2) is 13.6. The zero-order valence-electron chi connectivity index (χ0n) is 32.3. The van der Waals surface area contributed by atoms with Crippen LogP contribution < -0.4 is 0 Å². The van der Waals surface area contributed by atoms with Crippen molar-refractivity contribution in [2.45, 2.75) is 37.0 Å². The minimum Gasteiger partial charge on any atom is -0.0798 e. The number of rotatable bonds is 5. The van der Waals surface area contributed by atoms with Crippen LogP contribution in [-0.2, 0) is 5.41 Å². The first-order valence-corrected chi connectivity index (χ1v) is 20.6. The molecule has 272 valence electrons. The Balaban J connectivity index is 1.10. The predicted molar refractivity (Wildman–Crippen MR) is 238 cm³/mol. The van der Waals surface area contributed by atoms with E-state index in [1.54, 1.807) is 0 Å². The van der Waals surface area contributed by atoms with E-state index in [4.69, 9.17) is 0 Å². The molecule has 0 aliphatic heterocycles. The van der Waals surface area contributed by atoms with Crippen LogP contribution in [0.25, 0.3) is 50.1 Å². The van der Waals surface area contributed by atoms with Gasteiger partial charge in [-0.3, -0.25) is 0 Å². The van der Waals surface area contributed by atoms with Crippen LogP contribution in [0.4, 0.5) is 0 Å². The molecule has 3 aliphatic rings. The number of benzene rings is 8. The Bertz CT molecular complexity index is 2760. The molecule has 3 aliphatic carbocycles. The highest BCUT2D eigenvalue weighted by atomic mass is 14.5. The molecule has 0 bridgehead atoms. The largest absolute Gasteiger partial charge is 0.0798 e. The van der Waals surface area contributed by atoms with Crippen LogP contribution in [0.1, 0.15) is 70.5 Å². The van der Waals surface area contributed by atoms with Crippen LogP contribution in [0.2, 0.25) is 0 Å². The van der Waals surface area contributed by atoms with Crippen molar-refractivity contribution < 1.29 is 0 Å². The SMILES string of the molecule is C[C@@H]1C(c2ccccc2)=CCC(c2ccc(-c3cccc4c3-c3ccccc3C43c4ccccc4-c4ccccc43)c(-c3ccccc3)c2)CC1c1ccccc1. The summed E-state index contributed by atoms with van der Waals surface area (Å²) in [4.78, 5) is 0. The molecule has 0 heterocycles. The van der Waals surface area contributed by atoms with Gasteiger partial charge in [0, 0.05) is 0 Å². The molecule has 0 radical (unpaired) electrons. The standard InChI is InChI=1S/C57H44/c1-38-44(39-18-5-2-6-19-39)34-32-42(36-50(38)40-20-7-3-8-21-40)43-33-35-45(51(37-43)41-22-9-4-10-23-41)48-27-17-31-55-56(48)49-26-13-16-30-54(49)57(55)52-28-14-11-24-46(52)47-25-12-15-29-53(47)57/h2-31,33-35,37-38,42,50H,32,36H2,1H3/t38-,42?,50?/m1/s1. The van der Waals surface area contributed by atoms with Gasteiger partial charge >= 0.3 is 0 Å². The van der Waals surface area contributed by atoms with E-state index in [-0.39, 0.29) is 5.41 Å². The second-order valence-electron chi connectivity index (χ2n) is 16.3. The summed E-state index contributed by atoms with van der Waals surface area (Å²) in [6, 6.07) is 75.3. The summed E-state index contributed by atoms with van der Waals surface area (Å²) < 4.78 is 0. The third-order valence-corrected chi connectivity index (χ3v) is 13.5. The van der Waals surface area contributed by atoms with Crippen molar-refractivity contribution in [3.63, 3.8) is 0 Å². The lowest BCUT2D eigenvalue weighted by Gasteiger charge is -2.30. The lowest BCUT2D eigenvalue weighted by molar-refractivity contribution is 0.481. The Hall–Kier alpha value is -6.50. The fourth-order valence-corrected chi connectivity index (χ4v) is 11.0. The summed E-state index contributed by atoms with van der Waals surface area (Å²) in [5, 5.41) is 0. The number of hydrogen-bond donors (Lipinski definition) is 0. The number of fused-ring (bicyclic) bond motifs is 10. The van der Waals surface area contributed by atoms with E-state index in [9.17, 15) is 0 Å². The lowest BCUT2D eigenvalue weighted by atomic mass is 9.70. The van der Waals surface area contributed by atoms with Gasteiger partial charge < -0.3 is 0 Å². The summed E-state index contributed by atoms with van der Waals surface area (Å²) >= 11 is 0. The molecule has 0 nitrogen and oxygen atoms in total. The molecular weight excluding hydrogens is 685 g/mol. The molecule has 8 aromatic rings. The third kappa shape index (κ3) is 5.20. The maximum absolute atomic E-state index is 2.56. The quantitative estimate of drug-likeness (QED) is 0.166.